The molecule has 2 N–H and O–H groups in total. The third kappa shape index (κ3) is 2.27. The molecule has 0 aromatic carbocycles. The normalized spacial score (nSPS) is 14.1. The molecule has 6 heteroatoms. The smallest absolute Gasteiger partial charge is 0.224 e. The van der Waals surface area contributed by atoms with Crippen LogP contribution >= 0.6 is 11.6 Å². The number of hydrogen-bond acceptors (Lipinski definition) is 5. The molecule has 0 saturated carbocycles. The van der Waals surface area contributed by atoms with Gasteiger partial charge in [-0.1, -0.05) is 0 Å². The first-order valence-corrected chi connectivity index (χ1v) is 6.14. The van der Waals surface area contributed by atoms with Gasteiger partial charge in [0.15, 0.2) is 0 Å². The quantitative estimate of drug-likeness (QED) is 0.809. The lowest BCUT2D eigenvalue weighted by atomic mass is 10.1. The van der Waals surface area contributed by atoms with Crippen LogP contribution in [0.4, 0.5) is 11.5 Å². The number of rotatable bonds is 2. The van der Waals surface area contributed by atoms with E-state index in [1.54, 1.807) is 12.4 Å². The molecule has 0 aliphatic carbocycles. The van der Waals surface area contributed by atoms with E-state index < -0.39 is 0 Å². The molecule has 0 spiro atoms. The zero-order valence-electron chi connectivity index (χ0n) is 9.65. The second kappa shape index (κ2) is 4.88. The molecule has 0 saturated heterocycles. The highest BCUT2D eigenvalue weighted by molar-refractivity contribution is 6.28. The Bertz CT molecular complexity index is 558. The summed E-state index contributed by atoms with van der Waals surface area (Å²) in [6.45, 7) is 1.68. The van der Waals surface area contributed by atoms with Crippen LogP contribution in [0.15, 0.2) is 24.5 Å². The van der Waals surface area contributed by atoms with Crippen molar-refractivity contribution in [2.24, 2.45) is 0 Å². The summed E-state index contributed by atoms with van der Waals surface area (Å²) in [6.07, 6.45) is 4.35. The van der Waals surface area contributed by atoms with Gasteiger partial charge in [0.2, 0.25) is 5.28 Å². The number of nitrogens with one attached hydrogen (secondary N) is 2. The molecule has 3 rings (SSSR count). The van der Waals surface area contributed by atoms with E-state index in [9.17, 15) is 0 Å². The molecule has 92 valence electrons. The molecule has 0 atom stereocenters. The van der Waals surface area contributed by atoms with E-state index in [4.69, 9.17) is 11.6 Å². The Morgan fingerprint density at radius 3 is 3.11 bits per heavy atom. The third-order valence-electron chi connectivity index (χ3n) is 2.83. The molecule has 0 fully saturated rings. The van der Waals surface area contributed by atoms with Gasteiger partial charge in [-0.3, -0.25) is 4.98 Å². The van der Waals surface area contributed by atoms with Gasteiger partial charge in [0, 0.05) is 31.3 Å². The molecule has 0 radical (unpaired) electrons. The molecule has 0 unspecified atom stereocenters. The zero-order valence-corrected chi connectivity index (χ0v) is 10.4. The Morgan fingerprint density at radius 1 is 1.33 bits per heavy atom. The number of halogens is 1. The lowest BCUT2D eigenvalue weighted by Crippen LogP contribution is -2.26. The van der Waals surface area contributed by atoms with E-state index in [1.807, 2.05) is 12.1 Å². The second-order valence-electron chi connectivity index (χ2n) is 4.06. The van der Waals surface area contributed by atoms with Crippen molar-refractivity contribution < 1.29 is 0 Å². The molecular weight excluding hydrogens is 250 g/mol. The Morgan fingerprint density at radius 2 is 2.28 bits per heavy atom. The average Bonchev–Trinajstić information content (AvgIpc) is 2.40. The fourth-order valence-electron chi connectivity index (χ4n) is 1.99. The maximum atomic E-state index is 5.95. The summed E-state index contributed by atoms with van der Waals surface area (Å²) in [7, 11) is 0. The highest BCUT2D eigenvalue weighted by Crippen LogP contribution is 2.24. The first-order chi connectivity index (χ1) is 8.83. The van der Waals surface area contributed by atoms with E-state index in [2.05, 4.69) is 25.6 Å². The summed E-state index contributed by atoms with van der Waals surface area (Å²) in [4.78, 5) is 12.6. The molecule has 3 heterocycles. The van der Waals surface area contributed by atoms with Crippen LogP contribution in [0.3, 0.4) is 0 Å². The third-order valence-corrected chi connectivity index (χ3v) is 3.00. The van der Waals surface area contributed by atoms with E-state index in [-0.39, 0.29) is 5.28 Å². The molecule has 1 aliphatic rings. The molecule has 0 amide bonds. The van der Waals surface area contributed by atoms with E-state index in [0.29, 0.717) is 0 Å². The van der Waals surface area contributed by atoms with Crippen LogP contribution in [0.1, 0.15) is 11.3 Å². The molecule has 2 aromatic heterocycles. The van der Waals surface area contributed by atoms with Gasteiger partial charge in [-0.25, -0.2) is 9.97 Å². The molecule has 5 nitrogen and oxygen atoms in total. The largest absolute Gasteiger partial charge is 0.339 e. The first kappa shape index (κ1) is 11.4. The number of fused-ring (bicyclic) bond motifs is 1. The van der Waals surface area contributed by atoms with E-state index in [0.717, 1.165) is 42.3 Å². The van der Waals surface area contributed by atoms with Crippen molar-refractivity contribution in [3.05, 3.63) is 41.1 Å². The van der Waals surface area contributed by atoms with E-state index >= 15 is 0 Å². The standard InChI is InChI=1S/C12H12ClN5/c13-12-17-10-3-5-15-7-9(10)11(18-12)16-8-2-1-4-14-6-8/h1-2,4,6,15H,3,5,7H2,(H,16,17,18). The second-order valence-corrected chi connectivity index (χ2v) is 4.40. The molecule has 2 aromatic rings. The summed E-state index contributed by atoms with van der Waals surface area (Å²) >= 11 is 5.95. The van der Waals surface area contributed by atoms with Gasteiger partial charge in [0.05, 0.1) is 17.6 Å². The van der Waals surface area contributed by atoms with Gasteiger partial charge in [0.25, 0.3) is 0 Å². The lowest BCUT2D eigenvalue weighted by Gasteiger charge is -2.19. The van der Waals surface area contributed by atoms with Crippen molar-refractivity contribution in [1.29, 1.82) is 0 Å². The number of anilines is 2. The SMILES string of the molecule is Clc1nc2c(c(Nc3cccnc3)n1)CNCC2. The van der Waals surface area contributed by atoms with Gasteiger partial charge < -0.3 is 10.6 Å². The van der Waals surface area contributed by atoms with Crippen molar-refractivity contribution in [1.82, 2.24) is 20.3 Å². The number of nitrogens with zero attached hydrogens (tertiary/aromatic N) is 3. The van der Waals surface area contributed by atoms with Crippen LogP contribution in [0.25, 0.3) is 0 Å². The van der Waals surface area contributed by atoms with Crippen LogP contribution in [0, 0.1) is 0 Å². The minimum absolute atomic E-state index is 0.280. The van der Waals surface area contributed by atoms with Gasteiger partial charge in [-0.15, -0.1) is 0 Å². The maximum Gasteiger partial charge on any atom is 0.224 e. The monoisotopic (exact) mass is 261 g/mol. The Balaban J connectivity index is 1.98. The van der Waals surface area contributed by atoms with Crippen molar-refractivity contribution in [3.8, 4) is 0 Å². The van der Waals surface area contributed by atoms with Crippen molar-refractivity contribution >= 4 is 23.1 Å². The average molecular weight is 262 g/mol. The fraction of sp³-hybridized carbons (Fsp3) is 0.250. The molecule has 1 aliphatic heterocycles. The predicted octanol–water partition coefficient (Wildman–Crippen LogP) is 1.91. The predicted molar refractivity (Wildman–Crippen MR) is 70.0 cm³/mol. The van der Waals surface area contributed by atoms with Gasteiger partial charge in [0.1, 0.15) is 5.82 Å². The van der Waals surface area contributed by atoms with Crippen LogP contribution in [0.2, 0.25) is 5.28 Å². The topological polar surface area (TPSA) is 62.7 Å². The number of hydrogen-bond donors (Lipinski definition) is 2. The summed E-state index contributed by atoms with van der Waals surface area (Å²) in [5.74, 6) is 0.755. The fourth-order valence-corrected chi connectivity index (χ4v) is 2.18. The van der Waals surface area contributed by atoms with Gasteiger partial charge in [-0.2, -0.15) is 0 Å². The summed E-state index contributed by atoms with van der Waals surface area (Å²) in [5, 5.41) is 6.82. The number of pyridine rings is 1. The van der Waals surface area contributed by atoms with Crippen molar-refractivity contribution in [3.63, 3.8) is 0 Å². The maximum absolute atomic E-state index is 5.95. The van der Waals surface area contributed by atoms with Crippen LogP contribution in [0.5, 0.6) is 0 Å². The Kier molecular flexibility index (Phi) is 3.08. The van der Waals surface area contributed by atoms with Crippen LogP contribution in [-0.4, -0.2) is 21.5 Å². The highest BCUT2D eigenvalue weighted by atomic mass is 35.5. The zero-order chi connectivity index (χ0) is 12.4. The van der Waals surface area contributed by atoms with Crippen LogP contribution in [-0.2, 0) is 13.0 Å². The molecule has 0 bridgehead atoms. The first-order valence-electron chi connectivity index (χ1n) is 5.76. The van der Waals surface area contributed by atoms with Gasteiger partial charge in [-0.05, 0) is 23.7 Å². The lowest BCUT2D eigenvalue weighted by molar-refractivity contribution is 0.628. The van der Waals surface area contributed by atoms with Crippen molar-refractivity contribution in [2.45, 2.75) is 13.0 Å². The Labute approximate surface area is 110 Å². The highest BCUT2D eigenvalue weighted by Gasteiger charge is 2.17. The Hall–Kier alpha value is -1.72. The van der Waals surface area contributed by atoms with Crippen LogP contribution < -0.4 is 10.6 Å². The summed E-state index contributed by atoms with van der Waals surface area (Å²) < 4.78 is 0. The van der Waals surface area contributed by atoms with E-state index in [1.165, 1.54) is 0 Å². The minimum Gasteiger partial charge on any atom is -0.339 e. The minimum atomic E-state index is 0.280. The molecule has 18 heavy (non-hydrogen) atoms. The van der Waals surface area contributed by atoms with Gasteiger partial charge >= 0.3 is 0 Å². The number of aromatic nitrogens is 3. The summed E-state index contributed by atoms with van der Waals surface area (Å²) in [5.41, 5.74) is 2.98. The molecular formula is C12H12ClN5. The van der Waals surface area contributed by atoms with Crippen molar-refractivity contribution in [2.75, 3.05) is 11.9 Å². The summed E-state index contributed by atoms with van der Waals surface area (Å²) in [6, 6.07) is 3.81.